The Morgan fingerprint density at radius 1 is 1.27 bits per heavy atom. The van der Waals surface area contributed by atoms with Crippen LogP contribution >= 0.6 is 22.9 Å². The van der Waals surface area contributed by atoms with Gasteiger partial charge in [0.25, 0.3) is 18.2 Å². The molecule has 0 saturated heterocycles. The summed E-state index contributed by atoms with van der Waals surface area (Å²) in [6.45, 7) is 1.63. The number of anilines is 1. The van der Waals surface area contributed by atoms with Crippen LogP contribution in [0.5, 0.6) is 5.75 Å². The lowest BCUT2D eigenvalue weighted by molar-refractivity contribution is 0.100. The number of amides is 2. The van der Waals surface area contributed by atoms with E-state index in [1.807, 2.05) is 0 Å². The van der Waals surface area contributed by atoms with Gasteiger partial charge in [-0.1, -0.05) is 11.6 Å². The second-order valence-corrected chi connectivity index (χ2v) is 8.37. The van der Waals surface area contributed by atoms with Crippen molar-refractivity contribution in [2.24, 2.45) is 5.73 Å². The van der Waals surface area contributed by atoms with Gasteiger partial charge in [0.15, 0.2) is 12.4 Å². The van der Waals surface area contributed by atoms with Crippen LogP contribution in [0.3, 0.4) is 0 Å². The fraction of sp³-hybridized carbons (Fsp3) is 0.143. The van der Waals surface area contributed by atoms with Crippen LogP contribution in [0.2, 0.25) is 5.02 Å². The van der Waals surface area contributed by atoms with Gasteiger partial charge in [0, 0.05) is 16.6 Å². The number of fused-ring (bicyclic) bond motifs is 1. The Morgan fingerprint density at radius 2 is 2.00 bits per heavy atom. The van der Waals surface area contributed by atoms with E-state index in [2.05, 4.69) is 15.4 Å². The Hall–Kier alpha value is -3.57. The van der Waals surface area contributed by atoms with Crippen LogP contribution < -0.4 is 15.8 Å². The monoisotopic (exact) mass is 491 g/mol. The van der Waals surface area contributed by atoms with Crippen molar-refractivity contribution in [1.82, 2.24) is 14.8 Å². The summed E-state index contributed by atoms with van der Waals surface area (Å²) in [6, 6.07) is 9.44. The Morgan fingerprint density at radius 3 is 2.67 bits per heavy atom. The molecule has 3 aromatic heterocycles. The number of benzene rings is 1. The van der Waals surface area contributed by atoms with E-state index in [4.69, 9.17) is 22.1 Å². The lowest BCUT2D eigenvalue weighted by Gasteiger charge is -2.08. The topological polar surface area (TPSA) is 112 Å². The van der Waals surface area contributed by atoms with Crippen LogP contribution in [0, 0.1) is 6.92 Å². The molecule has 3 heterocycles. The summed E-state index contributed by atoms with van der Waals surface area (Å²) in [5.74, 6) is -0.851. The molecule has 1 aromatic carbocycles. The van der Waals surface area contributed by atoms with Gasteiger partial charge in [-0.2, -0.15) is 5.10 Å². The number of rotatable bonds is 7. The summed E-state index contributed by atoms with van der Waals surface area (Å²) >= 11 is 6.68. The number of carbonyl (C=O) groups excluding carboxylic acids is 2. The average Bonchev–Trinajstić information content (AvgIpc) is 3.38. The summed E-state index contributed by atoms with van der Waals surface area (Å²) in [6.07, 6.45) is -1.22. The number of nitrogens with two attached hydrogens (primary N) is 1. The fourth-order valence-electron chi connectivity index (χ4n) is 3.12. The zero-order valence-corrected chi connectivity index (χ0v) is 18.6. The van der Waals surface area contributed by atoms with Gasteiger partial charge < -0.3 is 15.8 Å². The van der Waals surface area contributed by atoms with Gasteiger partial charge in [-0.15, -0.1) is 11.3 Å². The zero-order valence-electron chi connectivity index (χ0n) is 17.0. The number of primary amides is 1. The van der Waals surface area contributed by atoms with Gasteiger partial charge in [-0.25, -0.2) is 18.4 Å². The largest absolute Gasteiger partial charge is 0.471 e. The molecule has 0 aliphatic heterocycles. The molecule has 0 aliphatic rings. The minimum atomic E-state index is -2.77. The van der Waals surface area contributed by atoms with E-state index >= 15 is 0 Å². The second kappa shape index (κ2) is 9.12. The number of ether oxygens (including phenoxy) is 1. The SMILES string of the molecule is Cc1cc(C(F)F)nc2sc(C(N)=O)c(NC(=O)c3ccn(COc4ccc(Cl)cc4)n3)c12. The van der Waals surface area contributed by atoms with Crippen LogP contribution in [0.15, 0.2) is 42.6 Å². The van der Waals surface area contributed by atoms with E-state index < -0.39 is 23.9 Å². The van der Waals surface area contributed by atoms with Gasteiger partial charge in [0.05, 0.1) is 5.69 Å². The number of pyridine rings is 1. The van der Waals surface area contributed by atoms with Gasteiger partial charge in [-0.3, -0.25) is 9.59 Å². The van der Waals surface area contributed by atoms with Gasteiger partial charge in [-0.05, 0) is 48.9 Å². The number of halogens is 3. The van der Waals surface area contributed by atoms with E-state index in [1.165, 1.54) is 16.8 Å². The molecule has 4 aromatic rings. The number of nitrogens with one attached hydrogen (secondary N) is 1. The number of aryl methyl sites for hydroxylation is 1. The van der Waals surface area contributed by atoms with Crippen molar-refractivity contribution in [3.8, 4) is 5.75 Å². The normalized spacial score (nSPS) is 11.2. The van der Waals surface area contributed by atoms with Crippen LogP contribution in [0.25, 0.3) is 10.2 Å². The van der Waals surface area contributed by atoms with E-state index in [1.54, 1.807) is 37.4 Å². The van der Waals surface area contributed by atoms with Crippen LogP contribution in [-0.4, -0.2) is 26.6 Å². The summed E-state index contributed by atoms with van der Waals surface area (Å²) in [5, 5.41) is 7.74. The number of carbonyl (C=O) groups is 2. The molecule has 8 nitrogen and oxygen atoms in total. The van der Waals surface area contributed by atoms with Gasteiger partial charge in [0.1, 0.15) is 21.2 Å². The molecule has 0 radical (unpaired) electrons. The molecule has 33 heavy (non-hydrogen) atoms. The Bertz CT molecular complexity index is 1350. The Labute approximate surface area is 194 Å². The molecule has 0 unspecified atom stereocenters. The first-order valence-corrected chi connectivity index (χ1v) is 10.7. The maximum absolute atomic E-state index is 13.1. The number of thiophene rings is 1. The highest BCUT2D eigenvalue weighted by Crippen LogP contribution is 2.38. The molecule has 3 N–H and O–H groups in total. The summed E-state index contributed by atoms with van der Waals surface area (Å²) < 4.78 is 33.2. The maximum atomic E-state index is 13.1. The van der Waals surface area contributed by atoms with Crippen molar-refractivity contribution >= 4 is 50.7 Å². The lowest BCUT2D eigenvalue weighted by atomic mass is 10.1. The van der Waals surface area contributed by atoms with Crippen molar-refractivity contribution in [1.29, 1.82) is 0 Å². The minimum absolute atomic E-state index is 0.00544. The number of hydrogen-bond acceptors (Lipinski definition) is 6. The Balaban J connectivity index is 1.57. The summed E-state index contributed by atoms with van der Waals surface area (Å²) in [7, 11) is 0. The molecule has 0 bridgehead atoms. The van der Waals surface area contributed by atoms with Gasteiger partial charge in [0.2, 0.25) is 0 Å². The van der Waals surface area contributed by atoms with E-state index in [9.17, 15) is 18.4 Å². The molecule has 12 heteroatoms. The van der Waals surface area contributed by atoms with Gasteiger partial charge >= 0.3 is 0 Å². The number of alkyl halides is 2. The quantitative estimate of drug-likeness (QED) is 0.386. The molecule has 170 valence electrons. The number of aromatic nitrogens is 3. The maximum Gasteiger partial charge on any atom is 0.280 e. The molecule has 0 atom stereocenters. The molecule has 0 fully saturated rings. The van der Waals surface area contributed by atoms with Crippen LogP contribution in [-0.2, 0) is 6.73 Å². The van der Waals surface area contributed by atoms with Crippen molar-refractivity contribution in [3.63, 3.8) is 0 Å². The third-order valence-corrected chi connectivity index (χ3v) is 5.97. The second-order valence-electron chi connectivity index (χ2n) is 6.94. The van der Waals surface area contributed by atoms with Crippen molar-refractivity contribution in [2.45, 2.75) is 20.1 Å². The highest BCUT2D eigenvalue weighted by Gasteiger charge is 2.24. The lowest BCUT2D eigenvalue weighted by Crippen LogP contribution is -2.17. The molecule has 2 amide bonds. The van der Waals surface area contributed by atoms with E-state index in [0.717, 1.165) is 11.3 Å². The predicted molar refractivity (Wildman–Crippen MR) is 120 cm³/mol. The molecular formula is C21H16ClF2N5O3S. The molecule has 4 rings (SSSR count). The third-order valence-electron chi connectivity index (χ3n) is 4.62. The summed E-state index contributed by atoms with van der Waals surface area (Å²) in [4.78, 5) is 28.8. The first kappa shape index (κ1) is 22.6. The Kier molecular flexibility index (Phi) is 6.25. The average molecular weight is 492 g/mol. The van der Waals surface area contributed by atoms with E-state index in [0.29, 0.717) is 21.7 Å². The number of nitrogens with zero attached hydrogens (tertiary/aromatic N) is 3. The first-order chi connectivity index (χ1) is 15.7. The minimum Gasteiger partial charge on any atom is -0.471 e. The molecule has 0 saturated carbocycles. The third kappa shape index (κ3) is 4.78. The highest BCUT2D eigenvalue weighted by molar-refractivity contribution is 7.21. The van der Waals surface area contributed by atoms with Crippen molar-refractivity contribution < 1.29 is 23.1 Å². The van der Waals surface area contributed by atoms with Crippen LogP contribution in [0.4, 0.5) is 14.5 Å². The predicted octanol–water partition coefficient (Wildman–Crippen LogP) is 4.78. The fourth-order valence-corrected chi connectivity index (χ4v) is 4.31. The van der Waals surface area contributed by atoms with Crippen LogP contribution in [0.1, 0.15) is 37.8 Å². The molecule has 0 spiro atoms. The zero-order chi connectivity index (χ0) is 23.7. The smallest absolute Gasteiger partial charge is 0.280 e. The standard InChI is InChI=1S/C21H16ClF2N5O3S/c1-10-8-14(18(23)24)26-21-15(10)16(17(33-21)19(25)30)27-20(31)13-6-7-29(28-13)9-32-12-4-2-11(22)3-5-12/h2-8,18H,9H2,1H3,(H2,25,30)(H,27,31). The van der Waals surface area contributed by atoms with E-state index in [-0.39, 0.29) is 27.8 Å². The van der Waals surface area contributed by atoms with Crippen molar-refractivity contribution in [3.05, 3.63) is 69.4 Å². The number of hydrogen-bond donors (Lipinski definition) is 2. The first-order valence-electron chi connectivity index (χ1n) is 9.48. The summed E-state index contributed by atoms with van der Waals surface area (Å²) in [5.41, 5.74) is 5.63. The highest BCUT2D eigenvalue weighted by atomic mass is 35.5. The molecule has 0 aliphatic carbocycles. The molecular weight excluding hydrogens is 476 g/mol. The van der Waals surface area contributed by atoms with Crippen molar-refractivity contribution in [2.75, 3.05) is 5.32 Å².